The van der Waals surface area contributed by atoms with Gasteiger partial charge in [0.15, 0.2) is 11.6 Å². The fourth-order valence-corrected chi connectivity index (χ4v) is 10.4. The molecular formula is C36H52F2N4O7S2. The first-order valence-electron chi connectivity index (χ1n) is 17.6. The van der Waals surface area contributed by atoms with Crippen molar-refractivity contribution >= 4 is 50.6 Å². The highest BCUT2D eigenvalue weighted by molar-refractivity contribution is 7.89. The molecule has 0 spiro atoms. The summed E-state index contributed by atoms with van der Waals surface area (Å²) in [5.74, 6) is -4.64. The lowest BCUT2D eigenvalue weighted by molar-refractivity contribution is -0.144. The minimum Gasteiger partial charge on any atom is -0.334 e. The van der Waals surface area contributed by atoms with Crippen molar-refractivity contribution in [3.63, 3.8) is 0 Å². The summed E-state index contributed by atoms with van der Waals surface area (Å²) in [6.07, 6.45) is -0.735. The lowest BCUT2D eigenvalue weighted by atomic mass is 9.83. The topological polar surface area (TPSA) is 150 Å². The molecule has 51 heavy (non-hydrogen) atoms. The zero-order chi connectivity index (χ0) is 38.1. The number of halogens is 2. The Balaban J connectivity index is 1.53. The van der Waals surface area contributed by atoms with Crippen molar-refractivity contribution in [1.82, 2.24) is 19.8 Å². The summed E-state index contributed by atoms with van der Waals surface area (Å²) < 4.78 is 54.9. The van der Waals surface area contributed by atoms with Gasteiger partial charge in [-0.3, -0.25) is 19.2 Å². The Morgan fingerprint density at radius 1 is 1.06 bits per heavy atom. The van der Waals surface area contributed by atoms with Crippen molar-refractivity contribution in [1.29, 1.82) is 0 Å². The van der Waals surface area contributed by atoms with E-state index in [1.54, 1.807) is 32.2 Å². The van der Waals surface area contributed by atoms with Crippen LogP contribution in [-0.4, -0.2) is 84.6 Å². The minimum atomic E-state index is -3.72. The molecule has 2 N–H and O–H groups in total. The number of nitrogens with one attached hydrogen (secondary N) is 2. The van der Waals surface area contributed by atoms with Crippen LogP contribution < -0.4 is 10.6 Å². The summed E-state index contributed by atoms with van der Waals surface area (Å²) in [7, 11) is -3.72. The van der Waals surface area contributed by atoms with Gasteiger partial charge in [0.25, 0.3) is 0 Å². The summed E-state index contributed by atoms with van der Waals surface area (Å²) in [5, 5.41) is 7.45. The van der Waals surface area contributed by atoms with Crippen LogP contribution in [-0.2, 0) is 35.7 Å². The monoisotopic (exact) mass is 754 g/mol. The van der Waals surface area contributed by atoms with Gasteiger partial charge in [0.05, 0.1) is 10.9 Å². The number of Topliss-reactive ketones (excluding diaryl/α,β-unsaturated/α-hetero) is 3. The smallest absolute Gasteiger partial charge is 0.315 e. The summed E-state index contributed by atoms with van der Waals surface area (Å²) >= 11 is 1.36. The number of fused-ring (bicyclic) bond motifs is 2. The van der Waals surface area contributed by atoms with E-state index in [-0.39, 0.29) is 49.2 Å². The molecule has 3 heterocycles. The molecule has 1 aliphatic carbocycles. The minimum absolute atomic E-state index is 0.00765. The van der Waals surface area contributed by atoms with Gasteiger partial charge in [-0.1, -0.05) is 54.0 Å². The maximum absolute atomic E-state index is 14.4. The Labute approximate surface area is 304 Å². The van der Waals surface area contributed by atoms with Gasteiger partial charge in [-0.05, 0) is 53.4 Å². The van der Waals surface area contributed by atoms with Gasteiger partial charge < -0.3 is 15.5 Å². The van der Waals surface area contributed by atoms with Crippen molar-refractivity contribution in [3.05, 3.63) is 29.0 Å². The Bertz CT molecular complexity index is 1610. The van der Waals surface area contributed by atoms with Crippen LogP contribution in [0.1, 0.15) is 91.4 Å². The highest BCUT2D eigenvalue weighted by Crippen LogP contribution is 2.44. The van der Waals surface area contributed by atoms with E-state index >= 15 is 0 Å². The van der Waals surface area contributed by atoms with E-state index in [1.165, 1.54) is 26.6 Å². The van der Waals surface area contributed by atoms with E-state index in [2.05, 4.69) is 17.2 Å². The second-order valence-corrected chi connectivity index (χ2v) is 19.1. The third kappa shape index (κ3) is 9.31. The van der Waals surface area contributed by atoms with Crippen LogP contribution in [0, 0.1) is 28.6 Å². The number of hydrogen-bond acceptors (Lipinski definition) is 8. The maximum atomic E-state index is 14.4. The molecule has 1 saturated carbocycles. The van der Waals surface area contributed by atoms with Gasteiger partial charge in [0.2, 0.25) is 28.1 Å². The van der Waals surface area contributed by atoms with Crippen LogP contribution in [0.4, 0.5) is 13.6 Å². The fraction of sp³-hybridized carbons (Fsp3) is 0.694. The number of carbonyl (C=O) groups is 5. The standard InChI is InChI=1S/C36H52F2N4O7S2/c1-8-9-13-24(43)31(45)22(17-29(37)38)16-25(44)30-23-12-10-11-21(23)18-42(30)33(46)32(36(5,6)7)40-34(47)39-28(35(2,3)4)20-41-19-26-27(14-15-50-26)51(41,48)49/h8,14-15,21-23,28-30,32H,1,9-13,16-20H2,2-7H3,(H2,39,40,47)/t21-,22-,23-,28+,30-,32+/m0/s1. The van der Waals surface area contributed by atoms with Gasteiger partial charge in [-0.15, -0.1) is 17.9 Å². The van der Waals surface area contributed by atoms with E-state index in [9.17, 15) is 41.2 Å². The Hall–Kier alpha value is -3.04. The summed E-state index contributed by atoms with van der Waals surface area (Å²) in [4.78, 5) is 70.0. The molecule has 1 aromatic heterocycles. The van der Waals surface area contributed by atoms with Gasteiger partial charge in [-0.25, -0.2) is 22.0 Å². The molecule has 2 fully saturated rings. The van der Waals surface area contributed by atoms with E-state index in [1.807, 2.05) is 20.8 Å². The maximum Gasteiger partial charge on any atom is 0.315 e. The molecule has 0 aromatic carbocycles. The van der Waals surface area contributed by atoms with Crippen LogP contribution in [0.15, 0.2) is 29.0 Å². The van der Waals surface area contributed by atoms with Crippen molar-refractivity contribution in [2.45, 2.75) is 122 Å². The molecule has 3 aliphatic rings. The number of thiophene rings is 1. The van der Waals surface area contributed by atoms with Gasteiger partial charge >= 0.3 is 6.03 Å². The number of hydrogen-bond donors (Lipinski definition) is 2. The Kier molecular flexibility index (Phi) is 12.7. The van der Waals surface area contributed by atoms with Crippen LogP contribution in [0.3, 0.4) is 0 Å². The van der Waals surface area contributed by atoms with E-state index in [0.29, 0.717) is 6.42 Å². The zero-order valence-electron chi connectivity index (χ0n) is 30.4. The molecule has 1 saturated heterocycles. The quantitative estimate of drug-likeness (QED) is 0.181. The largest absolute Gasteiger partial charge is 0.334 e. The number of allylic oxidation sites excluding steroid dienone is 1. The average Bonchev–Trinajstić information content (AvgIpc) is 3.79. The van der Waals surface area contributed by atoms with Gasteiger partial charge in [0.1, 0.15) is 6.04 Å². The number of likely N-dealkylation sites (tertiary alicyclic amines) is 1. The highest BCUT2D eigenvalue weighted by Gasteiger charge is 2.52. The summed E-state index contributed by atoms with van der Waals surface area (Å²) in [6, 6.07) is -1.85. The van der Waals surface area contributed by atoms with Gasteiger partial charge in [-0.2, -0.15) is 4.31 Å². The SMILES string of the molecule is C=CCCC(=O)C(=O)[C@@H](CC(=O)[C@@H]1[C@H]2CCC[C@H]2CN1C(=O)[C@@H](NC(=O)N[C@H](CN1Cc2sccc2S1(=O)=O)C(C)(C)C)C(C)(C)C)CC(F)F. The van der Waals surface area contributed by atoms with Gasteiger partial charge in [0, 0.05) is 55.7 Å². The number of amides is 3. The third-order valence-corrected chi connectivity index (χ3v) is 13.3. The first-order valence-corrected chi connectivity index (χ1v) is 19.9. The number of nitrogens with zero attached hydrogens (tertiary/aromatic N) is 2. The first kappa shape index (κ1) is 40.7. The molecule has 0 bridgehead atoms. The predicted molar refractivity (Wildman–Crippen MR) is 190 cm³/mol. The van der Waals surface area contributed by atoms with Crippen LogP contribution in [0.25, 0.3) is 0 Å². The number of rotatable bonds is 15. The molecule has 3 amide bonds. The molecule has 4 rings (SSSR count). The molecular weight excluding hydrogens is 703 g/mol. The lowest BCUT2D eigenvalue weighted by Crippen LogP contribution is -2.61. The van der Waals surface area contributed by atoms with Crippen molar-refractivity contribution in [2.24, 2.45) is 28.6 Å². The molecule has 2 aliphatic heterocycles. The molecule has 0 radical (unpaired) electrons. The second-order valence-electron chi connectivity index (χ2n) is 16.2. The summed E-state index contributed by atoms with van der Waals surface area (Å²) in [5.41, 5.74) is -1.41. The number of carbonyl (C=O) groups excluding carboxylic acids is 5. The number of sulfonamides is 1. The highest BCUT2D eigenvalue weighted by atomic mass is 32.2. The van der Waals surface area contributed by atoms with Crippen molar-refractivity contribution in [3.8, 4) is 0 Å². The molecule has 6 atom stereocenters. The first-order chi connectivity index (χ1) is 23.7. The molecule has 284 valence electrons. The van der Waals surface area contributed by atoms with Crippen LogP contribution in [0.2, 0.25) is 0 Å². The predicted octanol–water partition coefficient (Wildman–Crippen LogP) is 5.34. The fourth-order valence-electron chi connectivity index (χ4n) is 7.50. The van der Waals surface area contributed by atoms with Crippen molar-refractivity contribution in [2.75, 3.05) is 13.1 Å². The summed E-state index contributed by atoms with van der Waals surface area (Å²) in [6.45, 7) is 14.9. The number of ketones is 3. The second kappa shape index (κ2) is 15.9. The molecule has 0 unspecified atom stereocenters. The molecule has 1 aromatic rings. The van der Waals surface area contributed by atoms with Crippen LogP contribution >= 0.6 is 11.3 Å². The number of urea groups is 1. The Morgan fingerprint density at radius 3 is 2.33 bits per heavy atom. The van der Waals surface area contributed by atoms with E-state index in [0.717, 1.165) is 17.7 Å². The van der Waals surface area contributed by atoms with Crippen LogP contribution in [0.5, 0.6) is 0 Å². The third-order valence-electron chi connectivity index (χ3n) is 10.4. The average molecular weight is 755 g/mol. The number of alkyl halides is 2. The van der Waals surface area contributed by atoms with E-state index < -0.39 is 93.5 Å². The lowest BCUT2D eigenvalue weighted by Gasteiger charge is -2.38. The Morgan fingerprint density at radius 2 is 1.75 bits per heavy atom. The zero-order valence-corrected chi connectivity index (χ0v) is 32.0. The molecule has 11 nitrogen and oxygen atoms in total. The molecule has 15 heteroatoms. The van der Waals surface area contributed by atoms with E-state index in [4.69, 9.17) is 0 Å². The van der Waals surface area contributed by atoms with Crippen molar-refractivity contribution < 1.29 is 41.2 Å². The normalized spacial score (nSPS) is 23.3.